The molecule has 0 aromatic heterocycles. The van der Waals surface area contributed by atoms with E-state index in [0.29, 0.717) is 0 Å². The van der Waals surface area contributed by atoms with E-state index in [2.05, 4.69) is 0 Å². The van der Waals surface area contributed by atoms with Gasteiger partial charge in [-0.05, 0) is 25.1 Å². The first-order chi connectivity index (χ1) is 7.77. The lowest BCUT2D eigenvalue weighted by Crippen LogP contribution is -2.24. The molecule has 6 heteroatoms. The first-order valence-electron chi connectivity index (χ1n) is 4.97. The monoisotopic (exact) mass is 262 g/mol. The molecule has 0 amide bonds. The van der Waals surface area contributed by atoms with E-state index < -0.39 is 27.0 Å². The van der Waals surface area contributed by atoms with Crippen LogP contribution in [-0.2, 0) is 9.84 Å². The first-order valence-corrected chi connectivity index (χ1v) is 6.93. The van der Waals surface area contributed by atoms with Gasteiger partial charge in [0.15, 0.2) is 9.84 Å². The van der Waals surface area contributed by atoms with Crippen LogP contribution in [0.5, 0.6) is 5.75 Å². The van der Waals surface area contributed by atoms with Gasteiger partial charge in [0, 0.05) is 11.8 Å². The average Bonchev–Trinajstić information content (AvgIpc) is 2.25. The van der Waals surface area contributed by atoms with Crippen molar-refractivity contribution >= 4 is 9.84 Å². The summed E-state index contributed by atoms with van der Waals surface area (Å²) in [6.07, 6.45) is -0.303. The van der Waals surface area contributed by atoms with Crippen molar-refractivity contribution in [3.8, 4) is 5.75 Å². The Kier molecular flexibility index (Phi) is 4.11. The molecule has 96 valence electrons. The molecular weight excluding hydrogens is 247 g/mol. The lowest BCUT2D eigenvalue weighted by atomic mass is 10.1. The Morgan fingerprint density at radius 1 is 1.41 bits per heavy atom. The third-order valence-electron chi connectivity index (χ3n) is 2.63. The van der Waals surface area contributed by atoms with Crippen molar-refractivity contribution in [2.24, 2.45) is 0 Å². The number of benzene rings is 1. The molecule has 2 unspecified atom stereocenters. The summed E-state index contributed by atoms with van der Waals surface area (Å²) in [7, 11) is -2.05. The third kappa shape index (κ3) is 3.17. The first kappa shape index (κ1) is 13.9. The second kappa shape index (κ2) is 5.01. The van der Waals surface area contributed by atoms with Gasteiger partial charge in [-0.1, -0.05) is 0 Å². The fourth-order valence-corrected chi connectivity index (χ4v) is 2.04. The van der Waals surface area contributed by atoms with Crippen molar-refractivity contribution in [3.63, 3.8) is 0 Å². The molecule has 0 aliphatic carbocycles. The minimum absolute atomic E-state index is 0.130. The van der Waals surface area contributed by atoms with Crippen molar-refractivity contribution in [3.05, 3.63) is 29.6 Å². The summed E-state index contributed by atoms with van der Waals surface area (Å²) in [4.78, 5) is 0. The van der Waals surface area contributed by atoms with Gasteiger partial charge in [0.05, 0.1) is 18.5 Å². The average molecular weight is 262 g/mol. The van der Waals surface area contributed by atoms with Crippen LogP contribution in [0.3, 0.4) is 0 Å². The van der Waals surface area contributed by atoms with E-state index in [1.807, 2.05) is 0 Å². The molecule has 1 N–H and O–H groups in total. The predicted octanol–water partition coefficient (Wildman–Crippen LogP) is 1.30. The Bertz CT molecular complexity index is 498. The highest BCUT2D eigenvalue weighted by Gasteiger charge is 2.27. The number of sulfone groups is 1. The Labute approximate surface area is 100.0 Å². The number of rotatable bonds is 4. The largest absolute Gasteiger partial charge is 0.496 e. The van der Waals surface area contributed by atoms with Crippen molar-refractivity contribution in [2.75, 3.05) is 13.4 Å². The zero-order chi connectivity index (χ0) is 13.2. The van der Waals surface area contributed by atoms with Crippen LogP contribution >= 0.6 is 0 Å². The molecule has 2 atom stereocenters. The van der Waals surface area contributed by atoms with Crippen molar-refractivity contribution in [1.82, 2.24) is 0 Å². The van der Waals surface area contributed by atoms with Crippen LogP contribution in [0.1, 0.15) is 18.6 Å². The molecule has 1 aromatic rings. The summed E-state index contributed by atoms with van der Waals surface area (Å²) < 4.78 is 40.7. The van der Waals surface area contributed by atoms with Gasteiger partial charge in [-0.25, -0.2) is 12.8 Å². The number of aliphatic hydroxyl groups is 1. The van der Waals surface area contributed by atoms with E-state index in [1.165, 1.54) is 26.2 Å². The number of halogens is 1. The summed E-state index contributed by atoms with van der Waals surface area (Å²) in [6, 6.07) is 3.61. The van der Waals surface area contributed by atoms with Crippen LogP contribution < -0.4 is 4.74 Å². The van der Waals surface area contributed by atoms with Crippen molar-refractivity contribution in [2.45, 2.75) is 18.3 Å². The highest BCUT2D eigenvalue weighted by atomic mass is 32.2. The van der Waals surface area contributed by atoms with Crippen LogP contribution in [0.15, 0.2) is 18.2 Å². The minimum atomic E-state index is -3.42. The van der Waals surface area contributed by atoms with Gasteiger partial charge in [-0.3, -0.25) is 0 Å². The standard InChI is InChI=1S/C11H15FO4S/c1-7(17(3,14)15)11(13)9-6-8(12)4-5-10(9)16-2/h4-7,11,13H,1-3H3. The molecular formula is C11H15FO4S. The molecule has 0 saturated heterocycles. The van der Waals surface area contributed by atoms with Crippen LogP contribution in [0, 0.1) is 5.82 Å². The van der Waals surface area contributed by atoms with Gasteiger partial charge < -0.3 is 9.84 Å². The molecule has 0 spiro atoms. The van der Waals surface area contributed by atoms with Crippen molar-refractivity contribution in [1.29, 1.82) is 0 Å². The van der Waals surface area contributed by atoms with Gasteiger partial charge >= 0.3 is 0 Å². The predicted molar refractivity (Wildman–Crippen MR) is 62.2 cm³/mol. The van der Waals surface area contributed by atoms with Crippen LogP contribution in [0.2, 0.25) is 0 Å². The molecule has 0 aliphatic rings. The number of aliphatic hydroxyl groups excluding tert-OH is 1. The summed E-state index contributed by atoms with van der Waals surface area (Å²) in [6.45, 7) is 1.37. The van der Waals surface area contributed by atoms with E-state index in [4.69, 9.17) is 4.74 Å². The van der Waals surface area contributed by atoms with Gasteiger partial charge in [-0.15, -0.1) is 0 Å². The maximum atomic E-state index is 13.1. The van der Waals surface area contributed by atoms with Crippen LogP contribution in [0.25, 0.3) is 0 Å². The highest BCUT2D eigenvalue weighted by Crippen LogP contribution is 2.30. The molecule has 0 saturated carbocycles. The van der Waals surface area contributed by atoms with Gasteiger partial charge in [-0.2, -0.15) is 0 Å². The fraction of sp³-hybridized carbons (Fsp3) is 0.455. The molecule has 4 nitrogen and oxygen atoms in total. The van der Waals surface area contributed by atoms with Gasteiger partial charge in [0.1, 0.15) is 11.6 Å². The Balaban J connectivity index is 3.19. The van der Waals surface area contributed by atoms with E-state index in [1.54, 1.807) is 0 Å². The van der Waals surface area contributed by atoms with Crippen LogP contribution in [-0.4, -0.2) is 32.1 Å². The zero-order valence-corrected chi connectivity index (χ0v) is 10.7. The molecule has 0 bridgehead atoms. The smallest absolute Gasteiger partial charge is 0.152 e. The third-order valence-corrected chi connectivity index (χ3v) is 4.24. The highest BCUT2D eigenvalue weighted by molar-refractivity contribution is 7.91. The fourth-order valence-electron chi connectivity index (χ4n) is 1.42. The van der Waals surface area contributed by atoms with E-state index >= 15 is 0 Å². The maximum Gasteiger partial charge on any atom is 0.152 e. The Morgan fingerprint density at radius 3 is 2.47 bits per heavy atom. The van der Waals surface area contributed by atoms with E-state index in [-0.39, 0.29) is 11.3 Å². The molecule has 0 fully saturated rings. The lowest BCUT2D eigenvalue weighted by molar-refractivity contribution is 0.171. The summed E-state index contributed by atoms with van der Waals surface area (Å²) >= 11 is 0. The van der Waals surface area contributed by atoms with Gasteiger partial charge in [0.25, 0.3) is 0 Å². The number of hydrogen-bond donors (Lipinski definition) is 1. The Morgan fingerprint density at radius 2 is 2.00 bits per heavy atom. The number of methoxy groups -OCH3 is 1. The van der Waals surface area contributed by atoms with E-state index in [0.717, 1.165) is 12.3 Å². The molecule has 1 rings (SSSR count). The second-order valence-corrected chi connectivity index (χ2v) is 6.27. The summed E-state index contributed by atoms with van der Waals surface area (Å²) in [5, 5.41) is 8.91. The minimum Gasteiger partial charge on any atom is -0.496 e. The molecule has 0 heterocycles. The lowest BCUT2D eigenvalue weighted by Gasteiger charge is -2.19. The molecule has 0 aliphatic heterocycles. The summed E-state index contributed by atoms with van der Waals surface area (Å²) in [5.74, 6) is -0.296. The Hall–Kier alpha value is -1.14. The number of ether oxygens (including phenoxy) is 1. The summed E-state index contributed by atoms with van der Waals surface area (Å²) in [5.41, 5.74) is 0.130. The topological polar surface area (TPSA) is 63.6 Å². The maximum absolute atomic E-state index is 13.1. The van der Waals surface area contributed by atoms with Gasteiger partial charge in [0.2, 0.25) is 0 Å². The van der Waals surface area contributed by atoms with E-state index in [9.17, 15) is 17.9 Å². The quantitative estimate of drug-likeness (QED) is 0.888. The molecule has 0 radical (unpaired) electrons. The van der Waals surface area contributed by atoms with Crippen LogP contribution in [0.4, 0.5) is 4.39 Å². The van der Waals surface area contributed by atoms with Crippen molar-refractivity contribution < 1.29 is 22.7 Å². The second-order valence-electron chi connectivity index (χ2n) is 3.87. The SMILES string of the molecule is COc1ccc(F)cc1C(O)C(C)S(C)(=O)=O. The number of hydrogen-bond acceptors (Lipinski definition) is 4. The zero-order valence-electron chi connectivity index (χ0n) is 9.84. The normalized spacial score (nSPS) is 15.4. The molecule has 17 heavy (non-hydrogen) atoms. The molecule has 1 aromatic carbocycles.